The van der Waals surface area contributed by atoms with E-state index >= 15 is 0 Å². The minimum Gasteiger partial charge on any atom is -0.485 e. The van der Waals surface area contributed by atoms with Crippen LogP contribution in [0.5, 0.6) is 11.5 Å². The molecule has 1 aromatic carbocycles. The molecule has 3 rings (SSSR count). The summed E-state index contributed by atoms with van der Waals surface area (Å²) in [5.41, 5.74) is 0. The van der Waals surface area contributed by atoms with E-state index in [1.54, 1.807) is 0 Å². The molecule has 0 fully saturated rings. The van der Waals surface area contributed by atoms with Gasteiger partial charge in [0.2, 0.25) is 12.0 Å². The molecule has 1 aliphatic rings. The summed E-state index contributed by atoms with van der Waals surface area (Å²) in [5, 5.41) is 10.2. The van der Waals surface area contributed by atoms with Crippen LogP contribution in [0, 0.1) is 0 Å². The van der Waals surface area contributed by atoms with E-state index < -0.39 is 6.10 Å². The van der Waals surface area contributed by atoms with Crippen LogP contribution in [0.25, 0.3) is 0 Å². The first-order chi connectivity index (χ1) is 10.3. The first kappa shape index (κ1) is 13.4. The fourth-order valence-electron chi connectivity index (χ4n) is 1.97. The smallest absolute Gasteiger partial charge is 0.322 e. The molecule has 0 bridgehead atoms. The number of nitrogens with one attached hydrogen (secondary N) is 1. The van der Waals surface area contributed by atoms with E-state index in [-0.39, 0.29) is 24.4 Å². The highest BCUT2D eigenvalue weighted by Crippen LogP contribution is 2.35. The van der Waals surface area contributed by atoms with Crippen molar-refractivity contribution in [2.45, 2.75) is 25.9 Å². The van der Waals surface area contributed by atoms with E-state index in [0.29, 0.717) is 17.9 Å². The van der Waals surface area contributed by atoms with Gasteiger partial charge in [0.05, 0.1) is 0 Å². The largest absolute Gasteiger partial charge is 0.485 e. The number of ether oxygens (including phenoxy) is 2. The molecule has 0 unspecified atom stereocenters. The summed E-state index contributed by atoms with van der Waals surface area (Å²) in [5.74, 6) is 1.43. The maximum absolute atomic E-state index is 11.5. The normalized spacial score (nSPS) is 16.5. The van der Waals surface area contributed by atoms with Crippen LogP contribution in [0.1, 0.15) is 31.8 Å². The number of para-hydroxylation sites is 2. The van der Waals surface area contributed by atoms with Gasteiger partial charge in [-0.25, -0.2) is 0 Å². The zero-order chi connectivity index (χ0) is 14.7. The Labute approximate surface area is 121 Å². The van der Waals surface area contributed by atoms with Crippen molar-refractivity contribution in [2.75, 3.05) is 11.9 Å². The van der Waals surface area contributed by atoms with Crippen molar-refractivity contribution in [3.05, 3.63) is 30.2 Å². The monoisotopic (exact) mass is 289 g/mol. The number of carbonyl (C=O) groups is 1. The number of fused-ring (bicyclic) bond motifs is 1. The summed E-state index contributed by atoms with van der Waals surface area (Å²) in [6.07, 6.45) is 0.682. The molecule has 1 amide bonds. The van der Waals surface area contributed by atoms with Gasteiger partial charge in [0, 0.05) is 6.42 Å². The van der Waals surface area contributed by atoms with Gasteiger partial charge in [0.15, 0.2) is 11.5 Å². The molecular weight excluding hydrogens is 274 g/mol. The Morgan fingerprint density at radius 2 is 2.14 bits per heavy atom. The maximum Gasteiger partial charge on any atom is 0.322 e. The lowest BCUT2D eigenvalue weighted by molar-refractivity contribution is -0.116. The van der Waals surface area contributed by atoms with Crippen LogP contribution in [0.15, 0.2) is 28.7 Å². The third-order valence-corrected chi connectivity index (χ3v) is 2.95. The summed E-state index contributed by atoms with van der Waals surface area (Å²) in [6, 6.07) is 7.44. The van der Waals surface area contributed by atoms with E-state index in [2.05, 4.69) is 15.5 Å². The second-order valence-electron chi connectivity index (χ2n) is 4.61. The first-order valence-electron chi connectivity index (χ1n) is 6.78. The number of benzene rings is 1. The maximum atomic E-state index is 11.5. The highest BCUT2D eigenvalue weighted by Gasteiger charge is 2.27. The number of aromatic nitrogens is 2. The van der Waals surface area contributed by atoms with Crippen molar-refractivity contribution in [1.29, 1.82) is 0 Å². The van der Waals surface area contributed by atoms with Gasteiger partial charge < -0.3 is 13.9 Å². The molecular formula is C14H15N3O4. The lowest BCUT2D eigenvalue weighted by Crippen LogP contribution is -2.21. The molecule has 0 spiro atoms. The van der Waals surface area contributed by atoms with Crippen molar-refractivity contribution in [1.82, 2.24) is 10.2 Å². The number of rotatable bonds is 4. The van der Waals surface area contributed by atoms with Crippen molar-refractivity contribution in [3.63, 3.8) is 0 Å². The van der Waals surface area contributed by atoms with Gasteiger partial charge >= 0.3 is 6.01 Å². The molecule has 110 valence electrons. The van der Waals surface area contributed by atoms with Crippen LogP contribution in [0.3, 0.4) is 0 Å². The molecule has 1 aliphatic heterocycles. The molecule has 0 saturated heterocycles. The number of hydrogen-bond acceptors (Lipinski definition) is 6. The second-order valence-corrected chi connectivity index (χ2v) is 4.61. The fourth-order valence-corrected chi connectivity index (χ4v) is 1.97. The van der Waals surface area contributed by atoms with Crippen LogP contribution in [0.2, 0.25) is 0 Å². The highest BCUT2D eigenvalue weighted by molar-refractivity contribution is 5.88. The van der Waals surface area contributed by atoms with Crippen LogP contribution in [-0.4, -0.2) is 22.7 Å². The number of anilines is 1. The quantitative estimate of drug-likeness (QED) is 0.929. The van der Waals surface area contributed by atoms with Crippen molar-refractivity contribution >= 4 is 11.9 Å². The Kier molecular flexibility index (Phi) is 3.72. The number of amides is 1. The third kappa shape index (κ3) is 2.96. The lowest BCUT2D eigenvalue weighted by atomic mass is 10.2. The number of carbonyl (C=O) groups excluding carboxylic acids is 1. The Morgan fingerprint density at radius 1 is 1.33 bits per heavy atom. The molecule has 21 heavy (non-hydrogen) atoms. The van der Waals surface area contributed by atoms with Gasteiger partial charge in [0.25, 0.3) is 5.89 Å². The SMILES string of the molecule is CCCC(=O)Nc1nnc([C@@H]2COc3ccccc3O2)o1. The lowest BCUT2D eigenvalue weighted by Gasteiger charge is -2.23. The Morgan fingerprint density at radius 3 is 2.95 bits per heavy atom. The van der Waals surface area contributed by atoms with Crippen LogP contribution in [0.4, 0.5) is 6.01 Å². The molecule has 0 aliphatic carbocycles. The Hall–Kier alpha value is -2.57. The molecule has 7 nitrogen and oxygen atoms in total. The van der Waals surface area contributed by atoms with Crippen molar-refractivity contribution in [3.8, 4) is 11.5 Å². The van der Waals surface area contributed by atoms with Crippen LogP contribution in [-0.2, 0) is 4.79 Å². The van der Waals surface area contributed by atoms with Gasteiger partial charge in [-0.3, -0.25) is 10.1 Å². The summed E-state index contributed by atoms with van der Waals surface area (Å²) in [6.45, 7) is 2.20. The predicted octanol–water partition coefficient (Wildman–Crippen LogP) is 2.32. The zero-order valence-corrected chi connectivity index (χ0v) is 11.5. The van der Waals surface area contributed by atoms with E-state index in [1.165, 1.54) is 0 Å². The average Bonchev–Trinajstić information content (AvgIpc) is 2.95. The molecule has 0 radical (unpaired) electrons. The topological polar surface area (TPSA) is 86.5 Å². The van der Waals surface area contributed by atoms with E-state index in [9.17, 15) is 4.79 Å². The number of hydrogen-bond donors (Lipinski definition) is 1. The van der Waals surface area contributed by atoms with E-state index in [1.807, 2.05) is 31.2 Å². The summed E-state index contributed by atoms with van der Waals surface area (Å²) in [7, 11) is 0. The van der Waals surface area contributed by atoms with Gasteiger partial charge in [-0.2, -0.15) is 0 Å². The molecule has 1 atom stereocenters. The first-order valence-corrected chi connectivity index (χ1v) is 6.78. The van der Waals surface area contributed by atoms with Gasteiger partial charge in [-0.05, 0) is 18.6 Å². The Bertz CT molecular complexity index is 641. The standard InChI is InChI=1S/C14H15N3O4/c1-2-5-12(18)15-14-17-16-13(21-14)11-8-19-9-6-3-4-7-10(9)20-11/h3-4,6-7,11H,2,5,8H2,1H3,(H,15,17,18)/t11-/m0/s1. The minimum absolute atomic E-state index is 0.0749. The van der Waals surface area contributed by atoms with Crippen LogP contribution >= 0.6 is 0 Å². The van der Waals surface area contributed by atoms with Crippen molar-refractivity contribution in [2.24, 2.45) is 0 Å². The molecule has 7 heteroatoms. The summed E-state index contributed by atoms with van der Waals surface area (Å²) in [4.78, 5) is 11.5. The number of nitrogens with zero attached hydrogens (tertiary/aromatic N) is 2. The second kappa shape index (κ2) is 5.82. The van der Waals surface area contributed by atoms with Gasteiger partial charge in [0.1, 0.15) is 6.61 Å². The molecule has 0 saturated carbocycles. The summed E-state index contributed by atoms with van der Waals surface area (Å²) < 4.78 is 16.7. The minimum atomic E-state index is -0.482. The van der Waals surface area contributed by atoms with E-state index in [4.69, 9.17) is 13.9 Å². The molecule has 1 N–H and O–H groups in total. The van der Waals surface area contributed by atoms with Crippen LogP contribution < -0.4 is 14.8 Å². The van der Waals surface area contributed by atoms with Gasteiger partial charge in [-0.1, -0.05) is 24.2 Å². The Balaban J connectivity index is 1.69. The average molecular weight is 289 g/mol. The highest BCUT2D eigenvalue weighted by atomic mass is 16.6. The third-order valence-electron chi connectivity index (χ3n) is 2.95. The predicted molar refractivity (Wildman–Crippen MR) is 73.1 cm³/mol. The van der Waals surface area contributed by atoms with Crippen molar-refractivity contribution < 1.29 is 18.7 Å². The molecule has 1 aromatic heterocycles. The fraction of sp³-hybridized carbons (Fsp3) is 0.357. The van der Waals surface area contributed by atoms with Gasteiger partial charge in [-0.15, -0.1) is 5.10 Å². The zero-order valence-electron chi connectivity index (χ0n) is 11.5. The van der Waals surface area contributed by atoms with E-state index in [0.717, 1.165) is 6.42 Å². The molecule has 2 heterocycles. The summed E-state index contributed by atoms with van der Waals surface area (Å²) >= 11 is 0. The molecule has 2 aromatic rings.